The van der Waals surface area contributed by atoms with Gasteiger partial charge >= 0.3 is 0 Å². The number of fused-ring (bicyclic) bond motifs is 1. The predicted octanol–water partition coefficient (Wildman–Crippen LogP) is 1.37. The summed E-state index contributed by atoms with van der Waals surface area (Å²) < 4.78 is 0. The van der Waals surface area contributed by atoms with Crippen molar-refractivity contribution in [2.75, 3.05) is 0 Å². The SMILES string of the molecule is [c]1cc2c(cn1)CCC2. The van der Waals surface area contributed by atoms with Gasteiger partial charge in [0.25, 0.3) is 0 Å². The highest BCUT2D eigenvalue weighted by Crippen LogP contribution is 2.18. The molecule has 9 heavy (non-hydrogen) atoms. The quantitative estimate of drug-likeness (QED) is 0.501. The van der Waals surface area contributed by atoms with Crippen molar-refractivity contribution in [2.24, 2.45) is 0 Å². The van der Waals surface area contributed by atoms with E-state index >= 15 is 0 Å². The third-order valence-corrected chi connectivity index (χ3v) is 1.84. The third-order valence-electron chi connectivity index (χ3n) is 1.84. The molecule has 1 nitrogen and oxygen atoms in total. The van der Waals surface area contributed by atoms with Gasteiger partial charge in [-0.05, 0) is 36.5 Å². The summed E-state index contributed by atoms with van der Waals surface area (Å²) in [6, 6.07) is 2.00. The molecule has 1 aliphatic carbocycles. The van der Waals surface area contributed by atoms with Gasteiger partial charge in [-0.2, -0.15) is 0 Å². The van der Waals surface area contributed by atoms with Crippen LogP contribution in [0.5, 0.6) is 0 Å². The van der Waals surface area contributed by atoms with Crippen LogP contribution in [-0.4, -0.2) is 4.98 Å². The van der Waals surface area contributed by atoms with E-state index < -0.39 is 0 Å². The maximum atomic E-state index is 3.93. The largest absolute Gasteiger partial charge is 0.254 e. The summed E-state index contributed by atoms with van der Waals surface area (Å²) in [4.78, 5) is 3.93. The molecule has 0 amide bonds. The van der Waals surface area contributed by atoms with E-state index in [0.717, 1.165) is 0 Å². The molecule has 1 heterocycles. The minimum atomic E-state index is 1.22. The number of pyridine rings is 1. The Bertz CT molecular complexity index is 195. The molecule has 0 aliphatic heterocycles. The van der Waals surface area contributed by atoms with Crippen LogP contribution in [0, 0.1) is 6.20 Å². The number of aromatic nitrogens is 1. The molecule has 1 aromatic rings. The fourth-order valence-corrected chi connectivity index (χ4v) is 1.33. The van der Waals surface area contributed by atoms with E-state index in [1.807, 2.05) is 12.3 Å². The average Bonchev–Trinajstić information content (AvgIpc) is 2.33. The van der Waals surface area contributed by atoms with Gasteiger partial charge in [0.1, 0.15) is 0 Å². The Morgan fingerprint density at radius 2 is 2.22 bits per heavy atom. The standard InChI is InChI=1S/C8H8N/c1-2-7-4-5-9-6-8(7)3-1/h4,6H,1-3H2. The van der Waals surface area contributed by atoms with E-state index in [-0.39, 0.29) is 0 Å². The van der Waals surface area contributed by atoms with Crippen LogP contribution in [0.15, 0.2) is 12.3 Å². The van der Waals surface area contributed by atoms with Gasteiger partial charge in [0.15, 0.2) is 0 Å². The summed E-state index contributed by atoms with van der Waals surface area (Å²) in [7, 11) is 0. The second-order valence-electron chi connectivity index (χ2n) is 2.44. The fraction of sp³-hybridized carbons (Fsp3) is 0.375. The molecule has 1 aliphatic rings. The van der Waals surface area contributed by atoms with Crippen LogP contribution in [0.2, 0.25) is 0 Å². The smallest absolute Gasteiger partial charge is 0.0889 e. The van der Waals surface area contributed by atoms with Crippen molar-refractivity contribution in [1.82, 2.24) is 4.98 Å². The van der Waals surface area contributed by atoms with Crippen LogP contribution >= 0.6 is 0 Å². The van der Waals surface area contributed by atoms with E-state index in [4.69, 9.17) is 0 Å². The molecule has 2 rings (SSSR count). The van der Waals surface area contributed by atoms with Crippen LogP contribution in [0.3, 0.4) is 0 Å². The van der Waals surface area contributed by atoms with Crippen LogP contribution in [0.25, 0.3) is 0 Å². The summed E-state index contributed by atoms with van der Waals surface area (Å²) in [5.41, 5.74) is 2.87. The van der Waals surface area contributed by atoms with Gasteiger partial charge in [0.05, 0.1) is 6.20 Å². The van der Waals surface area contributed by atoms with Crippen LogP contribution in [-0.2, 0) is 12.8 Å². The Morgan fingerprint density at radius 1 is 1.33 bits per heavy atom. The van der Waals surface area contributed by atoms with E-state index in [0.29, 0.717) is 0 Å². The second-order valence-corrected chi connectivity index (χ2v) is 2.44. The molecule has 1 radical (unpaired) electrons. The highest BCUT2D eigenvalue weighted by atomic mass is 14.6. The first-order valence-electron chi connectivity index (χ1n) is 3.30. The van der Waals surface area contributed by atoms with Crippen LogP contribution in [0.1, 0.15) is 17.5 Å². The molecule has 0 fully saturated rings. The molecule has 0 aromatic carbocycles. The first-order chi connectivity index (χ1) is 4.47. The van der Waals surface area contributed by atoms with Crippen molar-refractivity contribution in [3.05, 3.63) is 29.6 Å². The van der Waals surface area contributed by atoms with Gasteiger partial charge in [-0.1, -0.05) is 0 Å². The number of aryl methyl sites for hydroxylation is 2. The number of nitrogens with zero attached hydrogens (tertiary/aromatic N) is 1. The third kappa shape index (κ3) is 0.727. The lowest BCUT2D eigenvalue weighted by atomic mass is 10.2. The predicted molar refractivity (Wildman–Crippen MR) is 35.1 cm³/mol. The molecule has 0 atom stereocenters. The molecule has 0 spiro atoms. The average molecular weight is 118 g/mol. The van der Waals surface area contributed by atoms with Crippen molar-refractivity contribution in [2.45, 2.75) is 19.3 Å². The molecule has 0 N–H and O–H groups in total. The van der Waals surface area contributed by atoms with Gasteiger partial charge in [-0.15, -0.1) is 0 Å². The molecule has 0 bridgehead atoms. The lowest BCUT2D eigenvalue weighted by Gasteiger charge is -1.91. The van der Waals surface area contributed by atoms with E-state index in [1.54, 1.807) is 0 Å². The summed E-state index contributed by atoms with van der Waals surface area (Å²) in [5, 5.41) is 0. The fourth-order valence-electron chi connectivity index (χ4n) is 1.33. The highest BCUT2D eigenvalue weighted by Gasteiger charge is 2.08. The summed E-state index contributed by atoms with van der Waals surface area (Å²) >= 11 is 0. The Balaban J connectivity index is 2.54. The first-order valence-corrected chi connectivity index (χ1v) is 3.30. The van der Waals surface area contributed by atoms with Gasteiger partial charge in [-0.3, -0.25) is 4.98 Å². The molecular formula is C8H8N. The van der Waals surface area contributed by atoms with Gasteiger partial charge in [0, 0.05) is 6.20 Å². The molecule has 0 unspecified atom stereocenters. The number of rotatable bonds is 0. The molecule has 45 valence electrons. The summed E-state index contributed by atoms with van der Waals surface area (Å²) in [6.07, 6.45) is 8.53. The van der Waals surface area contributed by atoms with Crippen molar-refractivity contribution in [3.8, 4) is 0 Å². The zero-order valence-electron chi connectivity index (χ0n) is 5.22. The summed E-state index contributed by atoms with van der Waals surface area (Å²) in [6.45, 7) is 0. The Hall–Kier alpha value is -0.850. The van der Waals surface area contributed by atoms with E-state index in [2.05, 4.69) is 11.2 Å². The summed E-state index contributed by atoms with van der Waals surface area (Å²) in [5.74, 6) is 0. The molecule has 0 saturated heterocycles. The van der Waals surface area contributed by atoms with Crippen LogP contribution in [0.4, 0.5) is 0 Å². The molecule has 0 saturated carbocycles. The zero-order valence-corrected chi connectivity index (χ0v) is 5.22. The number of hydrogen-bond acceptors (Lipinski definition) is 1. The van der Waals surface area contributed by atoms with E-state index in [9.17, 15) is 0 Å². The number of hydrogen-bond donors (Lipinski definition) is 0. The minimum absolute atomic E-state index is 1.22. The van der Waals surface area contributed by atoms with E-state index in [1.165, 1.54) is 30.4 Å². The maximum absolute atomic E-state index is 3.93. The van der Waals surface area contributed by atoms with Gasteiger partial charge in [0.2, 0.25) is 0 Å². The highest BCUT2D eigenvalue weighted by molar-refractivity contribution is 5.26. The minimum Gasteiger partial charge on any atom is -0.254 e. The van der Waals surface area contributed by atoms with Crippen molar-refractivity contribution >= 4 is 0 Å². The molecule has 1 heteroatoms. The Morgan fingerprint density at radius 3 is 3.11 bits per heavy atom. The monoisotopic (exact) mass is 118 g/mol. The maximum Gasteiger partial charge on any atom is 0.0889 e. The topological polar surface area (TPSA) is 12.9 Å². The molecule has 1 aromatic heterocycles. The van der Waals surface area contributed by atoms with Gasteiger partial charge in [-0.25, -0.2) is 0 Å². The zero-order chi connectivity index (χ0) is 6.10. The Kier molecular flexibility index (Phi) is 1.01. The van der Waals surface area contributed by atoms with Crippen molar-refractivity contribution < 1.29 is 0 Å². The van der Waals surface area contributed by atoms with Crippen molar-refractivity contribution in [1.29, 1.82) is 0 Å². The lowest BCUT2D eigenvalue weighted by Crippen LogP contribution is -1.81. The lowest BCUT2D eigenvalue weighted by molar-refractivity contribution is 0.911. The Labute approximate surface area is 54.7 Å². The normalized spacial score (nSPS) is 15.6. The molecular weight excluding hydrogens is 110 g/mol. The van der Waals surface area contributed by atoms with Crippen LogP contribution < -0.4 is 0 Å². The van der Waals surface area contributed by atoms with Crippen molar-refractivity contribution in [3.63, 3.8) is 0 Å². The second kappa shape index (κ2) is 1.83. The first kappa shape index (κ1) is 4.98. The van der Waals surface area contributed by atoms with Gasteiger partial charge < -0.3 is 0 Å².